The van der Waals surface area contributed by atoms with Gasteiger partial charge in [-0.15, -0.1) is 5.10 Å². The van der Waals surface area contributed by atoms with E-state index in [9.17, 15) is 4.79 Å². The van der Waals surface area contributed by atoms with Gasteiger partial charge in [0.05, 0.1) is 5.52 Å². The van der Waals surface area contributed by atoms with Crippen molar-refractivity contribution in [1.29, 1.82) is 0 Å². The molecule has 0 spiro atoms. The summed E-state index contributed by atoms with van der Waals surface area (Å²) >= 11 is 0. The summed E-state index contributed by atoms with van der Waals surface area (Å²) in [6.07, 6.45) is 0. The lowest BCUT2D eigenvalue weighted by Crippen LogP contribution is -2.17. The Bertz CT molecular complexity index is 793. The van der Waals surface area contributed by atoms with Gasteiger partial charge in [-0.05, 0) is 38.1 Å². The Morgan fingerprint density at radius 3 is 2.76 bits per heavy atom. The molecule has 0 aliphatic heterocycles. The monoisotopic (exact) mass is 281 g/mol. The molecule has 0 radical (unpaired) electrons. The normalized spacial score (nSPS) is 11.0. The van der Waals surface area contributed by atoms with Crippen LogP contribution in [0.1, 0.15) is 24.3 Å². The Morgan fingerprint density at radius 1 is 1.14 bits per heavy atom. The van der Waals surface area contributed by atoms with Crippen molar-refractivity contribution in [2.45, 2.75) is 19.9 Å². The molecule has 21 heavy (non-hydrogen) atoms. The molecule has 0 bridgehead atoms. The molecular formula is C15H15N5O. The highest BCUT2D eigenvalue weighted by Gasteiger charge is 2.15. The molecule has 0 atom stereocenters. The zero-order valence-electron chi connectivity index (χ0n) is 11.8. The number of rotatable bonds is 3. The van der Waals surface area contributed by atoms with Crippen LogP contribution in [0, 0.1) is 0 Å². The summed E-state index contributed by atoms with van der Waals surface area (Å²) < 4.78 is 1.27. The molecule has 2 heterocycles. The summed E-state index contributed by atoms with van der Waals surface area (Å²) in [5, 5.41) is 11.1. The fourth-order valence-corrected chi connectivity index (χ4v) is 2.06. The quantitative estimate of drug-likeness (QED) is 0.797. The number of carbonyl (C=O) groups is 1. The van der Waals surface area contributed by atoms with Crippen molar-refractivity contribution in [3.63, 3.8) is 0 Å². The van der Waals surface area contributed by atoms with Crippen LogP contribution in [0.15, 0.2) is 42.5 Å². The number of benzene rings is 1. The average Bonchev–Trinajstić information content (AvgIpc) is 2.90. The lowest BCUT2D eigenvalue weighted by atomic mass is 10.3. The zero-order valence-corrected chi connectivity index (χ0v) is 11.8. The van der Waals surface area contributed by atoms with E-state index in [1.165, 1.54) is 4.68 Å². The number of hydrogen-bond donors (Lipinski definition) is 1. The van der Waals surface area contributed by atoms with E-state index in [0.29, 0.717) is 22.5 Å². The number of nitrogens with zero attached hydrogens (tertiary/aromatic N) is 4. The number of carbonyl (C=O) groups excluding carboxylic acids is 1. The van der Waals surface area contributed by atoms with Gasteiger partial charge in [-0.2, -0.15) is 4.68 Å². The molecule has 0 fully saturated rings. The smallest absolute Gasteiger partial charge is 0.298 e. The molecule has 0 unspecified atom stereocenters. The van der Waals surface area contributed by atoms with Gasteiger partial charge >= 0.3 is 0 Å². The van der Waals surface area contributed by atoms with E-state index >= 15 is 0 Å². The lowest BCUT2D eigenvalue weighted by molar-refractivity contribution is 0.0943. The molecule has 6 heteroatoms. The summed E-state index contributed by atoms with van der Waals surface area (Å²) in [6.45, 7) is 4.03. The first kappa shape index (κ1) is 13.2. The van der Waals surface area contributed by atoms with Crippen molar-refractivity contribution in [2.24, 2.45) is 0 Å². The second-order valence-corrected chi connectivity index (χ2v) is 5.00. The molecule has 6 nitrogen and oxygen atoms in total. The second kappa shape index (κ2) is 5.32. The van der Waals surface area contributed by atoms with Crippen LogP contribution < -0.4 is 5.32 Å². The fourth-order valence-electron chi connectivity index (χ4n) is 2.06. The largest absolute Gasteiger partial charge is 0.368 e. The maximum atomic E-state index is 12.5. The predicted octanol–water partition coefficient (Wildman–Crippen LogP) is 2.34. The molecule has 0 aliphatic carbocycles. The Labute approximate surface area is 121 Å². The standard InChI is InChI=1S/C15H15N5O/c1-10(2)16-14-9-5-7-12(17-14)15(21)20-13-8-4-3-6-11(13)18-19-20/h3-10H,1-2H3,(H,16,17). The van der Waals surface area contributed by atoms with E-state index in [1.807, 2.05) is 44.2 Å². The van der Waals surface area contributed by atoms with Crippen molar-refractivity contribution in [2.75, 3.05) is 5.32 Å². The number of anilines is 1. The second-order valence-electron chi connectivity index (χ2n) is 5.00. The van der Waals surface area contributed by atoms with Gasteiger partial charge in [0, 0.05) is 6.04 Å². The number of aromatic nitrogens is 4. The van der Waals surface area contributed by atoms with Crippen molar-refractivity contribution in [3.8, 4) is 0 Å². The molecule has 106 valence electrons. The maximum absolute atomic E-state index is 12.5. The first-order valence-corrected chi connectivity index (χ1v) is 6.74. The highest BCUT2D eigenvalue weighted by Crippen LogP contribution is 2.13. The molecule has 0 amide bonds. The van der Waals surface area contributed by atoms with Crippen molar-refractivity contribution >= 4 is 22.8 Å². The van der Waals surface area contributed by atoms with Gasteiger partial charge in [0.2, 0.25) is 0 Å². The van der Waals surface area contributed by atoms with Gasteiger partial charge in [0.15, 0.2) is 0 Å². The highest BCUT2D eigenvalue weighted by molar-refractivity contribution is 5.98. The van der Waals surface area contributed by atoms with Crippen LogP contribution in [-0.4, -0.2) is 31.9 Å². The van der Waals surface area contributed by atoms with Gasteiger partial charge in [0.1, 0.15) is 17.0 Å². The minimum Gasteiger partial charge on any atom is -0.368 e. The Morgan fingerprint density at radius 2 is 1.95 bits per heavy atom. The summed E-state index contributed by atoms with van der Waals surface area (Å²) in [4.78, 5) is 16.9. The van der Waals surface area contributed by atoms with Crippen LogP contribution in [0.2, 0.25) is 0 Å². The number of pyridine rings is 1. The maximum Gasteiger partial charge on any atom is 0.298 e. The van der Waals surface area contributed by atoms with Crippen molar-refractivity contribution < 1.29 is 4.79 Å². The van der Waals surface area contributed by atoms with Gasteiger partial charge in [0.25, 0.3) is 5.91 Å². The van der Waals surface area contributed by atoms with Crippen LogP contribution in [0.5, 0.6) is 0 Å². The Hall–Kier alpha value is -2.76. The molecular weight excluding hydrogens is 266 g/mol. The van der Waals surface area contributed by atoms with Crippen molar-refractivity contribution in [1.82, 2.24) is 20.0 Å². The number of fused-ring (bicyclic) bond motifs is 1. The topological polar surface area (TPSA) is 72.7 Å². The summed E-state index contributed by atoms with van der Waals surface area (Å²) in [6, 6.07) is 12.9. The molecule has 2 aromatic heterocycles. The third-order valence-electron chi connectivity index (χ3n) is 2.95. The lowest BCUT2D eigenvalue weighted by Gasteiger charge is -2.09. The first-order valence-electron chi connectivity index (χ1n) is 6.74. The fraction of sp³-hybridized carbons (Fsp3) is 0.200. The van der Waals surface area contributed by atoms with Gasteiger partial charge in [-0.3, -0.25) is 4.79 Å². The van der Waals surface area contributed by atoms with Crippen LogP contribution in [0.25, 0.3) is 11.0 Å². The molecule has 3 rings (SSSR count). The molecule has 0 saturated heterocycles. The predicted molar refractivity (Wildman–Crippen MR) is 80.3 cm³/mol. The van der Waals surface area contributed by atoms with Gasteiger partial charge < -0.3 is 5.32 Å². The van der Waals surface area contributed by atoms with Gasteiger partial charge in [-0.25, -0.2) is 4.98 Å². The molecule has 1 aromatic carbocycles. The van der Waals surface area contributed by atoms with Gasteiger partial charge in [-0.1, -0.05) is 23.4 Å². The molecule has 1 N–H and O–H groups in total. The third-order valence-corrected chi connectivity index (χ3v) is 2.95. The Kier molecular flexibility index (Phi) is 3.35. The van der Waals surface area contributed by atoms with E-state index < -0.39 is 0 Å². The van der Waals surface area contributed by atoms with E-state index in [1.54, 1.807) is 12.1 Å². The zero-order chi connectivity index (χ0) is 14.8. The first-order chi connectivity index (χ1) is 10.1. The highest BCUT2D eigenvalue weighted by atomic mass is 16.2. The summed E-state index contributed by atoms with van der Waals surface area (Å²) in [7, 11) is 0. The van der Waals surface area contributed by atoms with E-state index in [2.05, 4.69) is 20.6 Å². The number of nitrogens with one attached hydrogen (secondary N) is 1. The third kappa shape index (κ3) is 2.60. The van der Waals surface area contributed by atoms with Crippen LogP contribution in [0.4, 0.5) is 5.82 Å². The number of hydrogen-bond acceptors (Lipinski definition) is 5. The van der Waals surface area contributed by atoms with E-state index in [4.69, 9.17) is 0 Å². The Balaban J connectivity index is 1.98. The van der Waals surface area contributed by atoms with E-state index in [-0.39, 0.29) is 11.9 Å². The minimum absolute atomic E-state index is 0.245. The average molecular weight is 281 g/mol. The number of para-hydroxylation sites is 1. The molecule has 0 saturated carbocycles. The van der Waals surface area contributed by atoms with Crippen molar-refractivity contribution in [3.05, 3.63) is 48.2 Å². The van der Waals surface area contributed by atoms with Crippen LogP contribution >= 0.6 is 0 Å². The molecule has 0 aliphatic rings. The van der Waals surface area contributed by atoms with E-state index in [0.717, 1.165) is 0 Å². The van der Waals surface area contributed by atoms with Crippen LogP contribution in [0.3, 0.4) is 0 Å². The minimum atomic E-state index is -0.295. The summed E-state index contributed by atoms with van der Waals surface area (Å²) in [5.74, 6) is 0.372. The SMILES string of the molecule is CC(C)Nc1cccc(C(=O)n2nnc3ccccc32)n1. The molecule has 3 aromatic rings. The van der Waals surface area contributed by atoms with Crippen LogP contribution in [-0.2, 0) is 0 Å². The summed E-state index contributed by atoms with van der Waals surface area (Å²) in [5.41, 5.74) is 1.69.